The van der Waals surface area contributed by atoms with Crippen LogP contribution in [0.4, 0.5) is 14.9 Å². The van der Waals surface area contributed by atoms with Gasteiger partial charge in [0.15, 0.2) is 6.17 Å². The SMILES string of the molecule is Cc1cc(C(N)=O)c(F)cc1NC1=NC2C(=CN1)N(C)C(=O)N2C1CCNCC1. The molecular formula is C19H24FN7O2. The lowest BCUT2D eigenvalue weighted by Gasteiger charge is -2.34. The number of rotatable bonds is 3. The molecule has 154 valence electrons. The van der Waals surface area contributed by atoms with E-state index >= 15 is 0 Å². The lowest BCUT2D eigenvalue weighted by atomic mass is 10.0. The Balaban J connectivity index is 1.60. The summed E-state index contributed by atoms with van der Waals surface area (Å²) < 4.78 is 14.2. The number of urea groups is 1. The number of aliphatic imine (C=N–C) groups is 1. The fourth-order valence-corrected chi connectivity index (χ4v) is 3.95. The molecule has 1 unspecified atom stereocenters. The molecular weight excluding hydrogens is 377 g/mol. The Morgan fingerprint density at radius 1 is 1.34 bits per heavy atom. The molecule has 9 nitrogen and oxygen atoms in total. The van der Waals surface area contributed by atoms with Crippen LogP contribution >= 0.6 is 0 Å². The molecule has 1 atom stereocenters. The zero-order valence-electron chi connectivity index (χ0n) is 16.3. The van der Waals surface area contributed by atoms with Crippen molar-refractivity contribution >= 4 is 23.6 Å². The molecule has 10 heteroatoms. The second kappa shape index (κ2) is 7.36. The van der Waals surface area contributed by atoms with Gasteiger partial charge in [0.1, 0.15) is 5.82 Å². The Labute approximate surface area is 167 Å². The summed E-state index contributed by atoms with van der Waals surface area (Å²) in [7, 11) is 1.74. The van der Waals surface area contributed by atoms with E-state index < -0.39 is 17.9 Å². The van der Waals surface area contributed by atoms with Gasteiger partial charge in [0.25, 0.3) is 5.91 Å². The van der Waals surface area contributed by atoms with Crippen LogP contribution in [0.3, 0.4) is 0 Å². The molecule has 0 radical (unpaired) electrons. The minimum absolute atomic E-state index is 0.0759. The second-order valence-electron chi connectivity index (χ2n) is 7.43. The maximum atomic E-state index is 14.2. The molecule has 3 aliphatic heterocycles. The summed E-state index contributed by atoms with van der Waals surface area (Å²) in [5, 5.41) is 9.39. The van der Waals surface area contributed by atoms with Crippen molar-refractivity contribution in [3.63, 3.8) is 0 Å². The lowest BCUT2D eigenvalue weighted by molar-refractivity contribution is 0.0996. The normalized spacial score (nSPS) is 22.0. The highest BCUT2D eigenvalue weighted by atomic mass is 19.1. The molecule has 1 aromatic rings. The van der Waals surface area contributed by atoms with Crippen LogP contribution in [0.2, 0.25) is 0 Å². The van der Waals surface area contributed by atoms with Crippen LogP contribution in [0.15, 0.2) is 29.0 Å². The van der Waals surface area contributed by atoms with Gasteiger partial charge in [-0.2, -0.15) is 0 Å². The zero-order valence-corrected chi connectivity index (χ0v) is 16.3. The minimum atomic E-state index is -0.817. The number of nitrogens with two attached hydrogens (primary N) is 1. The predicted molar refractivity (Wildman–Crippen MR) is 107 cm³/mol. The summed E-state index contributed by atoms with van der Waals surface area (Å²) in [5.41, 5.74) is 6.92. The molecule has 0 saturated carbocycles. The van der Waals surface area contributed by atoms with E-state index in [9.17, 15) is 14.0 Å². The van der Waals surface area contributed by atoms with E-state index in [2.05, 4.69) is 20.9 Å². The molecule has 0 aromatic heterocycles. The van der Waals surface area contributed by atoms with Gasteiger partial charge in [-0.15, -0.1) is 0 Å². The van der Waals surface area contributed by atoms with Crippen molar-refractivity contribution in [2.24, 2.45) is 10.7 Å². The number of aryl methyl sites for hydroxylation is 1. The number of carbonyl (C=O) groups is 2. The third kappa shape index (κ3) is 3.39. The number of nitrogens with one attached hydrogen (secondary N) is 3. The standard InChI is InChI=1S/C19H24FN7O2/c1-10-7-12(16(21)28)13(20)8-14(10)24-18-23-9-15-17(25-18)27(19(29)26(15)2)11-3-5-22-6-4-11/h7-9,11,17,22H,3-6H2,1-2H3,(H2,21,28)(H2,23,24,25). The van der Waals surface area contributed by atoms with Gasteiger partial charge in [0.2, 0.25) is 5.96 Å². The van der Waals surface area contributed by atoms with Gasteiger partial charge >= 0.3 is 6.03 Å². The number of halogens is 1. The first-order valence-electron chi connectivity index (χ1n) is 9.55. The van der Waals surface area contributed by atoms with E-state index in [1.54, 1.807) is 25.1 Å². The van der Waals surface area contributed by atoms with Crippen LogP contribution in [0.1, 0.15) is 28.8 Å². The Morgan fingerprint density at radius 3 is 2.76 bits per heavy atom. The van der Waals surface area contributed by atoms with E-state index in [0.717, 1.165) is 31.6 Å². The lowest BCUT2D eigenvalue weighted by Crippen LogP contribution is -2.48. The fourth-order valence-electron chi connectivity index (χ4n) is 3.95. The molecule has 2 fully saturated rings. The summed E-state index contributed by atoms with van der Waals surface area (Å²) in [6.07, 6.45) is 3.04. The van der Waals surface area contributed by atoms with Crippen LogP contribution < -0.4 is 21.7 Å². The van der Waals surface area contributed by atoms with E-state index in [1.165, 1.54) is 12.1 Å². The number of primary amides is 1. The van der Waals surface area contributed by atoms with Gasteiger partial charge in [0, 0.05) is 25.0 Å². The van der Waals surface area contributed by atoms with Crippen LogP contribution in [-0.2, 0) is 0 Å². The number of carbonyl (C=O) groups excluding carboxylic acids is 2. The number of anilines is 1. The highest BCUT2D eigenvalue weighted by molar-refractivity contribution is 5.98. The van der Waals surface area contributed by atoms with Crippen molar-refractivity contribution in [2.75, 3.05) is 25.5 Å². The second-order valence-corrected chi connectivity index (χ2v) is 7.43. The molecule has 2 saturated heterocycles. The topological polar surface area (TPSA) is 115 Å². The zero-order chi connectivity index (χ0) is 20.7. The largest absolute Gasteiger partial charge is 0.366 e. The Morgan fingerprint density at radius 2 is 2.07 bits per heavy atom. The summed E-state index contributed by atoms with van der Waals surface area (Å²) in [5.74, 6) is -1.12. The van der Waals surface area contributed by atoms with Crippen molar-refractivity contribution in [1.29, 1.82) is 0 Å². The number of hydrogen-bond acceptors (Lipinski definition) is 6. The Bertz CT molecular complexity index is 923. The van der Waals surface area contributed by atoms with Crippen LogP contribution in [0.5, 0.6) is 0 Å². The molecule has 4 rings (SSSR count). The van der Waals surface area contributed by atoms with Crippen LogP contribution in [0.25, 0.3) is 0 Å². The highest BCUT2D eigenvalue weighted by Gasteiger charge is 2.45. The van der Waals surface area contributed by atoms with Crippen molar-refractivity contribution in [2.45, 2.75) is 32.0 Å². The van der Waals surface area contributed by atoms with E-state index in [4.69, 9.17) is 5.73 Å². The molecule has 5 N–H and O–H groups in total. The number of guanidine groups is 1. The first-order valence-corrected chi connectivity index (χ1v) is 9.55. The van der Waals surface area contributed by atoms with E-state index in [0.29, 0.717) is 17.2 Å². The van der Waals surface area contributed by atoms with Crippen molar-refractivity contribution in [3.05, 3.63) is 41.0 Å². The average Bonchev–Trinajstić information content (AvgIpc) is 2.95. The first-order chi connectivity index (χ1) is 13.9. The quantitative estimate of drug-likeness (QED) is 0.601. The van der Waals surface area contributed by atoms with Gasteiger partial charge in [0.05, 0.1) is 11.3 Å². The summed E-state index contributed by atoms with van der Waals surface area (Å²) >= 11 is 0. The van der Waals surface area contributed by atoms with Crippen molar-refractivity contribution in [1.82, 2.24) is 20.4 Å². The molecule has 3 heterocycles. The molecule has 0 bridgehead atoms. The first kappa shape index (κ1) is 19.2. The molecule has 1 aromatic carbocycles. The van der Waals surface area contributed by atoms with Gasteiger partial charge in [-0.25, -0.2) is 14.2 Å². The molecule has 3 amide bonds. The maximum absolute atomic E-state index is 14.2. The highest BCUT2D eigenvalue weighted by Crippen LogP contribution is 2.32. The number of benzene rings is 1. The monoisotopic (exact) mass is 401 g/mol. The number of amides is 3. The summed E-state index contributed by atoms with van der Waals surface area (Å²) in [6, 6.07) is 2.65. The summed E-state index contributed by atoms with van der Waals surface area (Å²) in [6.45, 7) is 3.47. The third-order valence-corrected chi connectivity index (χ3v) is 5.57. The number of likely N-dealkylation sites (N-methyl/N-ethyl adjacent to an activating group) is 1. The number of nitrogens with zero attached hydrogens (tertiary/aromatic N) is 3. The third-order valence-electron chi connectivity index (χ3n) is 5.57. The van der Waals surface area contributed by atoms with Gasteiger partial charge in [-0.3, -0.25) is 14.6 Å². The number of piperidine rings is 1. The van der Waals surface area contributed by atoms with E-state index in [1.807, 2.05) is 4.90 Å². The predicted octanol–water partition coefficient (Wildman–Crippen LogP) is 0.891. The van der Waals surface area contributed by atoms with Gasteiger partial charge in [-0.1, -0.05) is 0 Å². The van der Waals surface area contributed by atoms with Crippen molar-refractivity contribution in [3.8, 4) is 0 Å². The van der Waals surface area contributed by atoms with Crippen LogP contribution in [-0.4, -0.2) is 60.0 Å². The summed E-state index contributed by atoms with van der Waals surface area (Å²) in [4.78, 5) is 32.2. The molecule has 0 aliphatic carbocycles. The van der Waals surface area contributed by atoms with E-state index in [-0.39, 0.29) is 17.6 Å². The average molecular weight is 401 g/mol. The van der Waals surface area contributed by atoms with Gasteiger partial charge in [-0.05, 0) is 50.6 Å². The fraction of sp³-hybridized carbons (Fsp3) is 0.421. The Kier molecular flexibility index (Phi) is 4.87. The molecule has 29 heavy (non-hydrogen) atoms. The molecule has 3 aliphatic rings. The molecule has 0 spiro atoms. The van der Waals surface area contributed by atoms with Gasteiger partial charge < -0.3 is 21.7 Å². The minimum Gasteiger partial charge on any atom is -0.366 e. The smallest absolute Gasteiger partial charge is 0.326 e. The number of fused-ring (bicyclic) bond motifs is 1. The number of hydrogen-bond donors (Lipinski definition) is 4. The van der Waals surface area contributed by atoms with Crippen molar-refractivity contribution < 1.29 is 14.0 Å². The Hall–Kier alpha value is -3.14. The maximum Gasteiger partial charge on any atom is 0.326 e. The van der Waals surface area contributed by atoms with Crippen LogP contribution in [0, 0.1) is 12.7 Å².